The standard InChI is InChI=1S/C13H16O4/c1-4-17-11-6-5-10(8-12(11)16-3)7-9(2)13(14)15/h5-8H,4H2,1-3H3,(H,14,15)/b9-7+. The highest BCUT2D eigenvalue weighted by molar-refractivity contribution is 5.91. The first-order valence-electron chi connectivity index (χ1n) is 5.31. The van der Waals surface area contributed by atoms with Gasteiger partial charge in [0.1, 0.15) is 0 Å². The van der Waals surface area contributed by atoms with Gasteiger partial charge in [-0.25, -0.2) is 4.79 Å². The predicted octanol–water partition coefficient (Wildman–Crippen LogP) is 2.58. The van der Waals surface area contributed by atoms with E-state index in [1.54, 1.807) is 38.3 Å². The van der Waals surface area contributed by atoms with E-state index in [9.17, 15) is 4.79 Å². The van der Waals surface area contributed by atoms with E-state index in [-0.39, 0.29) is 5.57 Å². The summed E-state index contributed by atoms with van der Waals surface area (Å²) in [5.41, 5.74) is 1.04. The number of methoxy groups -OCH3 is 1. The third-order valence-corrected chi connectivity index (χ3v) is 2.21. The lowest BCUT2D eigenvalue weighted by Crippen LogP contribution is -1.97. The summed E-state index contributed by atoms with van der Waals surface area (Å²) >= 11 is 0. The molecule has 1 aromatic rings. The van der Waals surface area contributed by atoms with Crippen LogP contribution >= 0.6 is 0 Å². The molecule has 4 heteroatoms. The Morgan fingerprint density at radius 2 is 2.12 bits per heavy atom. The van der Waals surface area contributed by atoms with Crippen LogP contribution in [-0.4, -0.2) is 24.8 Å². The SMILES string of the molecule is CCOc1ccc(/C=C(\C)C(=O)O)cc1OC. The minimum absolute atomic E-state index is 0.274. The van der Waals surface area contributed by atoms with Crippen molar-refractivity contribution in [1.82, 2.24) is 0 Å². The Morgan fingerprint density at radius 1 is 1.41 bits per heavy atom. The first-order valence-corrected chi connectivity index (χ1v) is 5.31. The highest BCUT2D eigenvalue weighted by atomic mass is 16.5. The molecule has 0 amide bonds. The average Bonchev–Trinajstić information content (AvgIpc) is 2.31. The van der Waals surface area contributed by atoms with Gasteiger partial charge in [-0.3, -0.25) is 0 Å². The number of hydrogen-bond donors (Lipinski definition) is 1. The van der Waals surface area contributed by atoms with Crippen molar-refractivity contribution in [1.29, 1.82) is 0 Å². The van der Waals surface area contributed by atoms with Crippen molar-refractivity contribution in [2.45, 2.75) is 13.8 Å². The molecule has 0 aliphatic carbocycles. The second-order valence-corrected chi connectivity index (χ2v) is 3.48. The summed E-state index contributed by atoms with van der Waals surface area (Å²) in [5.74, 6) is 0.316. The monoisotopic (exact) mass is 236 g/mol. The highest BCUT2D eigenvalue weighted by Crippen LogP contribution is 2.28. The lowest BCUT2D eigenvalue weighted by molar-refractivity contribution is -0.132. The van der Waals surface area contributed by atoms with Gasteiger partial charge < -0.3 is 14.6 Å². The molecule has 0 saturated carbocycles. The molecular weight excluding hydrogens is 220 g/mol. The van der Waals surface area contributed by atoms with Crippen LogP contribution in [0.25, 0.3) is 6.08 Å². The van der Waals surface area contributed by atoms with E-state index < -0.39 is 5.97 Å². The Balaban J connectivity index is 3.05. The van der Waals surface area contributed by atoms with E-state index >= 15 is 0 Å². The fourth-order valence-corrected chi connectivity index (χ4v) is 1.36. The lowest BCUT2D eigenvalue weighted by Gasteiger charge is -2.09. The Morgan fingerprint density at radius 3 is 2.65 bits per heavy atom. The summed E-state index contributed by atoms with van der Waals surface area (Å²) in [4.78, 5) is 10.7. The van der Waals surface area contributed by atoms with Crippen LogP contribution in [0.1, 0.15) is 19.4 Å². The smallest absolute Gasteiger partial charge is 0.331 e. The third kappa shape index (κ3) is 3.52. The molecule has 0 heterocycles. The van der Waals surface area contributed by atoms with Crippen LogP contribution in [0, 0.1) is 0 Å². The Bertz CT molecular complexity index is 435. The van der Waals surface area contributed by atoms with Crippen molar-refractivity contribution in [2.75, 3.05) is 13.7 Å². The normalized spacial score (nSPS) is 11.1. The van der Waals surface area contributed by atoms with Crippen LogP contribution in [0.3, 0.4) is 0 Å². The number of aliphatic carboxylic acids is 1. The summed E-state index contributed by atoms with van der Waals surface area (Å²) in [6.07, 6.45) is 1.58. The molecule has 0 aromatic heterocycles. The maximum absolute atomic E-state index is 10.7. The molecule has 0 radical (unpaired) electrons. The largest absolute Gasteiger partial charge is 0.493 e. The quantitative estimate of drug-likeness (QED) is 0.798. The molecule has 1 aromatic carbocycles. The van der Waals surface area contributed by atoms with E-state index in [2.05, 4.69) is 0 Å². The molecule has 92 valence electrons. The number of rotatable bonds is 5. The molecule has 0 spiro atoms. The topological polar surface area (TPSA) is 55.8 Å². The second-order valence-electron chi connectivity index (χ2n) is 3.48. The van der Waals surface area contributed by atoms with Gasteiger partial charge in [-0.1, -0.05) is 6.07 Å². The summed E-state index contributed by atoms with van der Waals surface area (Å²) < 4.78 is 10.6. The molecule has 0 atom stereocenters. The molecule has 0 unspecified atom stereocenters. The number of carboxylic acid groups (broad SMARTS) is 1. The maximum Gasteiger partial charge on any atom is 0.331 e. The molecule has 0 bridgehead atoms. The number of benzene rings is 1. The molecule has 1 rings (SSSR count). The lowest BCUT2D eigenvalue weighted by atomic mass is 10.1. The van der Waals surface area contributed by atoms with Crippen LogP contribution < -0.4 is 9.47 Å². The van der Waals surface area contributed by atoms with Gasteiger partial charge in [0, 0.05) is 5.57 Å². The van der Waals surface area contributed by atoms with Crippen molar-refractivity contribution >= 4 is 12.0 Å². The van der Waals surface area contributed by atoms with E-state index in [0.717, 1.165) is 5.56 Å². The number of carbonyl (C=O) groups is 1. The van der Waals surface area contributed by atoms with Gasteiger partial charge in [0.15, 0.2) is 11.5 Å². The average molecular weight is 236 g/mol. The molecule has 0 fully saturated rings. The van der Waals surface area contributed by atoms with Gasteiger partial charge in [0.2, 0.25) is 0 Å². The van der Waals surface area contributed by atoms with E-state index in [1.165, 1.54) is 0 Å². The molecule has 0 aliphatic heterocycles. The molecule has 17 heavy (non-hydrogen) atoms. The minimum atomic E-state index is -0.933. The number of carboxylic acids is 1. The fraction of sp³-hybridized carbons (Fsp3) is 0.308. The number of hydrogen-bond acceptors (Lipinski definition) is 3. The summed E-state index contributed by atoms with van der Waals surface area (Å²) in [5, 5.41) is 8.78. The molecule has 1 N–H and O–H groups in total. The van der Waals surface area contributed by atoms with Gasteiger partial charge in [-0.15, -0.1) is 0 Å². The van der Waals surface area contributed by atoms with Gasteiger partial charge in [-0.2, -0.15) is 0 Å². The van der Waals surface area contributed by atoms with Crippen LogP contribution in [-0.2, 0) is 4.79 Å². The van der Waals surface area contributed by atoms with E-state index in [4.69, 9.17) is 14.6 Å². The molecule has 0 saturated heterocycles. The molecular formula is C13H16O4. The second kappa shape index (κ2) is 5.94. The number of ether oxygens (including phenoxy) is 2. The zero-order valence-electron chi connectivity index (χ0n) is 10.2. The summed E-state index contributed by atoms with van der Waals surface area (Å²) in [6.45, 7) is 3.99. The molecule has 0 aliphatic rings. The maximum atomic E-state index is 10.7. The summed E-state index contributed by atoms with van der Waals surface area (Å²) in [7, 11) is 1.55. The Kier molecular flexibility index (Phi) is 4.57. The van der Waals surface area contributed by atoms with Crippen LogP contribution in [0.2, 0.25) is 0 Å². The van der Waals surface area contributed by atoms with Crippen molar-refractivity contribution in [3.8, 4) is 11.5 Å². The van der Waals surface area contributed by atoms with E-state index in [0.29, 0.717) is 18.1 Å². The fourth-order valence-electron chi connectivity index (χ4n) is 1.36. The predicted molar refractivity (Wildman–Crippen MR) is 65.4 cm³/mol. The van der Waals surface area contributed by atoms with Gasteiger partial charge in [-0.05, 0) is 37.6 Å². The van der Waals surface area contributed by atoms with Crippen LogP contribution in [0.4, 0.5) is 0 Å². The zero-order chi connectivity index (χ0) is 12.8. The van der Waals surface area contributed by atoms with Gasteiger partial charge in [0.25, 0.3) is 0 Å². The van der Waals surface area contributed by atoms with Gasteiger partial charge in [0.05, 0.1) is 13.7 Å². The van der Waals surface area contributed by atoms with Crippen molar-refractivity contribution < 1.29 is 19.4 Å². The van der Waals surface area contributed by atoms with Crippen molar-refractivity contribution in [3.05, 3.63) is 29.3 Å². The first-order chi connectivity index (χ1) is 8.08. The van der Waals surface area contributed by atoms with Crippen molar-refractivity contribution in [2.24, 2.45) is 0 Å². The van der Waals surface area contributed by atoms with Crippen molar-refractivity contribution in [3.63, 3.8) is 0 Å². The third-order valence-electron chi connectivity index (χ3n) is 2.21. The highest BCUT2D eigenvalue weighted by Gasteiger charge is 2.05. The molecule has 4 nitrogen and oxygen atoms in total. The van der Waals surface area contributed by atoms with Crippen LogP contribution in [0.15, 0.2) is 23.8 Å². The Labute approximate surface area is 100 Å². The zero-order valence-corrected chi connectivity index (χ0v) is 10.2. The first kappa shape index (κ1) is 13.1. The van der Waals surface area contributed by atoms with E-state index in [1.807, 2.05) is 6.92 Å². The Hall–Kier alpha value is -1.97. The van der Waals surface area contributed by atoms with Gasteiger partial charge >= 0.3 is 5.97 Å². The van der Waals surface area contributed by atoms with Crippen LogP contribution in [0.5, 0.6) is 11.5 Å². The minimum Gasteiger partial charge on any atom is -0.493 e. The summed E-state index contributed by atoms with van der Waals surface area (Å²) in [6, 6.07) is 5.31.